The van der Waals surface area contributed by atoms with Gasteiger partial charge in [0.15, 0.2) is 0 Å². The molecule has 0 saturated carbocycles. The molecule has 1 fully saturated rings. The number of aromatic nitrogens is 2. The van der Waals surface area contributed by atoms with Gasteiger partial charge in [0.05, 0.1) is 11.6 Å². The van der Waals surface area contributed by atoms with Gasteiger partial charge in [0.2, 0.25) is 0 Å². The highest BCUT2D eigenvalue weighted by Gasteiger charge is 2.42. The fraction of sp³-hybridized carbons (Fsp3) is 0.368. The van der Waals surface area contributed by atoms with E-state index in [0.717, 1.165) is 31.5 Å². The summed E-state index contributed by atoms with van der Waals surface area (Å²) in [6.07, 6.45) is 6.19. The minimum atomic E-state index is -0.203. The van der Waals surface area contributed by atoms with Crippen molar-refractivity contribution in [1.29, 1.82) is 0 Å². The number of pyridine rings is 1. The summed E-state index contributed by atoms with van der Waals surface area (Å²) in [5, 5.41) is 2.77. The number of piperidine rings is 1. The zero-order valence-corrected chi connectivity index (χ0v) is 15.7. The number of carbonyl (C=O) groups excluding carboxylic acids is 1. The Morgan fingerprint density at radius 2 is 2.08 bits per heavy atom. The van der Waals surface area contributed by atoms with Crippen molar-refractivity contribution < 1.29 is 9.53 Å². The van der Waals surface area contributed by atoms with E-state index in [2.05, 4.69) is 16.4 Å². The average molecular weight is 388 g/mol. The maximum atomic E-state index is 12.9. The van der Waals surface area contributed by atoms with Gasteiger partial charge in [-0.25, -0.2) is 4.98 Å². The average Bonchev–Trinajstić information content (AvgIpc) is 3.29. The summed E-state index contributed by atoms with van der Waals surface area (Å²) < 4.78 is 8.02. The Balaban J connectivity index is 1.36. The maximum absolute atomic E-state index is 12.9. The van der Waals surface area contributed by atoms with Crippen LogP contribution in [0, 0.1) is 0 Å². The largest absolute Gasteiger partial charge is 0.369 e. The van der Waals surface area contributed by atoms with Crippen molar-refractivity contribution in [3.63, 3.8) is 0 Å². The molecule has 0 atom stereocenters. The van der Waals surface area contributed by atoms with Crippen molar-refractivity contribution >= 4 is 34.5 Å². The molecular weight excluding hydrogens is 370 g/mol. The Labute approximate surface area is 160 Å². The van der Waals surface area contributed by atoms with Crippen LogP contribution in [0.15, 0.2) is 36.0 Å². The number of imidazole rings is 1. The van der Waals surface area contributed by atoms with Gasteiger partial charge < -0.3 is 14.0 Å². The lowest BCUT2D eigenvalue weighted by Gasteiger charge is -2.43. The molecule has 134 valence electrons. The second-order valence-electron chi connectivity index (χ2n) is 6.90. The lowest BCUT2D eigenvalue weighted by Crippen LogP contribution is -2.48. The maximum Gasteiger partial charge on any atom is 0.274 e. The van der Waals surface area contributed by atoms with Crippen LogP contribution in [0.4, 0.5) is 0 Å². The van der Waals surface area contributed by atoms with Crippen LogP contribution >= 0.6 is 22.9 Å². The van der Waals surface area contributed by atoms with Gasteiger partial charge in [0.25, 0.3) is 5.91 Å². The molecule has 1 saturated heterocycles. The molecule has 2 aliphatic rings. The number of ether oxygens (including phenoxy) is 1. The standard InChI is InChI=1S/C19H18ClN3O2S/c20-14-1-2-16-21-15(12-23(16)11-14)18(24)22-7-5-19(6-8-22)17-13(3-9-25-19)4-10-26-17/h1-2,4,10-12H,3,5-9H2. The molecule has 3 aromatic rings. The van der Waals surface area contributed by atoms with Crippen LogP contribution in [0.5, 0.6) is 0 Å². The van der Waals surface area contributed by atoms with Gasteiger partial charge in [-0.1, -0.05) is 11.6 Å². The molecule has 1 spiro atoms. The van der Waals surface area contributed by atoms with Crippen LogP contribution in [0.25, 0.3) is 5.65 Å². The van der Waals surface area contributed by atoms with Crippen molar-refractivity contribution in [1.82, 2.24) is 14.3 Å². The third-order valence-corrected chi connectivity index (χ3v) is 6.77. The van der Waals surface area contributed by atoms with Crippen molar-refractivity contribution in [3.8, 4) is 0 Å². The third-order valence-electron chi connectivity index (χ3n) is 5.40. The molecule has 0 aromatic carbocycles. The van der Waals surface area contributed by atoms with Crippen molar-refractivity contribution in [3.05, 3.63) is 57.1 Å². The highest BCUT2D eigenvalue weighted by Crippen LogP contribution is 2.44. The molecule has 1 amide bonds. The van der Waals surface area contributed by atoms with E-state index in [0.29, 0.717) is 23.8 Å². The SMILES string of the molecule is O=C(c1cn2cc(Cl)ccc2n1)N1CCC2(CC1)OCCc1ccsc12. The topological polar surface area (TPSA) is 46.8 Å². The van der Waals surface area contributed by atoms with E-state index < -0.39 is 0 Å². The molecule has 5 nitrogen and oxygen atoms in total. The highest BCUT2D eigenvalue weighted by molar-refractivity contribution is 7.10. The zero-order valence-electron chi connectivity index (χ0n) is 14.2. The molecule has 0 unspecified atom stereocenters. The molecule has 5 heterocycles. The Bertz CT molecular complexity index is 988. The van der Waals surface area contributed by atoms with Gasteiger partial charge in [-0.05, 0) is 48.4 Å². The van der Waals surface area contributed by atoms with Crippen LogP contribution < -0.4 is 0 Å². The second kappa shape index (κ2) is 6.08. The molecule has 7 heteroatoms. The van der Waals surface area contributed by atoms with Gasteiger partial charge in [0, 0.05) is 30.4 Å². The first kappa shape index (κ1) is 16.3. The van der Waals surface area contributed by atoms with Crippen LogP contribution in [0.1, 0.15) is 33.8 Å². The predicted molar refractivity (Wildman–Crippen MR) is 101 cm³/mol. The van der Waals surface area contributed by atoms with E-state index >= 15 is 0 Å². The summed E-state index contributed by atoms with van der Waals surface area (Å²) in [6, 6.07) is 5.81. The molecular formula is C19H18ClN3O2S. The van der Waals surface area contributed by atoms with Gasteiger partial charge in [0.1, 0.15) is 16.9 Å². The number of nitrogens with zero attached hydrogens (tertiary/aromatic N) is 3. The van der Waals surface area contributed by atoms with E-state index in [1.807, 2.05) is 11.0 Å². The van der Waals surface area contributed by atoms with Crippen molar-refractivity contribution in [2.24, 2.45) is 0 Å². The number of hydrogen-bond acceptors (Lipinski definition) is 4. The molecule has 2 aliphatic heterocycles. The third kappa shape index (κ3) is 2.55. The van der Waals surface area contributed by atoms with E-state index in [1.165, 1.54) is 10.4 Å². The lowest BCUT2D eigenvalue weighted by atomic mass is 9.85. The fourth-order valence-corrected chi connectivity index (χ4v) is 5.36. The summed E-state index contributed by atoms with van der Waals surface area (Å²) >= 11 is 7.80. The van der Waals surface area contributed by atoms with Crippen molar-refractivity contribution in [2.75, 3.05) is 19.7 Å². The van der Waals surface area contributed by atoms with E-state index in [1.54, 1.807) is 34.2 Å². The number of carbonyl (C=O) groups is 1. The lowest BCUT2D eigenvalue weighted by molar-refractivity contribution is -0.0906. The summed E-state index contributed by atoms with van der Waals surface area (Å²) in [6.45, 7) is 2.14. The molecule has 3 aromatic heterocycles. The first-order valence-corrected chi connectivity index (χ1v) is 10.0. The molecule has 26 heavy (non-hydrogen) atoms. The monoisotopic (exact) mass is 387 g/mol. The van der Waals surface area contributed by atoms with Crippen LogP contribution in [0.3, 0.4) is 0 Å². The molecule has 0 N–H and O–H groups in total. The van der Waals surface area contributed by atoms with Crippen LogP contribution in [-0.2, 0) is 16.8 Å². The summed E-state index contributed by atoms with van der Waals surface area (Å²) in [5.41, 5.74) is 2.40. The quantitative estimate of drug-likeness (QED) is 0.638. The van der Waals surface area contributed by atoms with Gasteiger partial charge in [-0.2, -0.15) is 0 Å². The molecule has 0 radical (unpaired) electrons. The number of likely N-dealkylation sites (tertiary alicyclic amines) is 1. The molecule has 0 bridgehead atoms. The second-order valence-corrected chi connectivity index (χ2v) is 8.25. The van der Waals surface area contributed by atoms with Crippen LogP contribution in [-0.4, -0.2) is 39.9 Å². The Morgan fingerprint density at radius 1 is 1.23 bits per heavy atom. The van der Waals surface area contributed by atoms with E-state index in [9.17, 15) is 4.79 Å². The predicted octanol–water partition coefficient (Wildman–Crippen LogP) is 3.75. The number of rotatable bonds is 1. The van der Waals surface area contributed by atoms with E-state index in [-0.39, 0.29) is 11.5 Å². The number of thiophene rings is 1. The first-order valence-electron chi connectivity index (χ1n) is 8.79. The van der Waals surface area contributed by atoms with E-state index in [4.69, 9.17) is 16.3 Å². The summed E-state index contributed by atoms with van der Waals surface area (Å²) in [7, 11) is 0. The Kier molecular flexibility index (Phi) is 3.81. The summed E-state index contributed by atoms with van der Waals surface area (Å²) in [4.78, 5) is 20.6. The number of amides is 1. The highest BCUT2D eigenvalue weighted by atomic mass is 35.5. The first-order chi connectivity index (χ1) is 12.6. The minimum absolute atomic E-state index is 0.0260. The summed E-state index contributed by atoms with van der Waals surface area (Å²) in [5.74, 6) is -0.0260. The number of halogens is 1. The molecule has 0 aliphatic carbocycles. The smallest absolute Gasteiger partial charge is 0.274 e. The Hall–Kier alpha value is -1.89. The minimum Gasteiger partial charge on any atom is -0.369 e. The van der Waals surface area contributed by atoms with Gasteiger partial charge >= 0.3 is 0 Å². The number of fused-ring (bicyclic) bond motifs is 3. The normalized spacial score (nSPS) is 19.0. The van der Waals surface area contributed by atoms with Gasteiger partial charge in [-0.15, -0.1) is 11.3 Å². The van der Waals surface area contributed by atoms with Crippen LogP contribution in [0.2, 0.25) is 5.02 Å². The zero-order chi connectivity index (χ0) is 17.7. The molecule has 5 rings (SSSR count). The number of hydrogen-bond donors (Lipinski definition) is 0. The van der Waals surface area contributed by atoms with Gasteiger partial charge in [-0.3, -0.25) is 4.79 Å². The van der Waals surface area contributed by atoms with Crippen molar-refractivity contribution in [2.45, 2.75) is 24.9 Å². The fourth-order valence-electron chi connectivity index (χ4n) is 4.03. The Morgan fingerprint density at radius 3 is 2.92 bits per heavy atom.